The van der Waals surface area contributed by atoms with Crippen molar-refractivity contribution in [3.05, 3.63) is 18.2 Å². The summed E-state index contributed by atoms with van der Waals surface area (Å²) in [5.41, 5.74) is 7.05. The van der Waals surface area contributed by atoms with Gasteiger partial charge in [0.05, 0.1) is 19.3 Å². The minimum Gasteiger partial charge on any atom is -0.494 e. The Balaban J connectivity index is 2.64. The van der Waals surface area contributed by atoms with Crippen LogP contribution in [-0.4, -0.2) is 36.1 Å². The maximum atomic E-state index is 9.19. The maximum absolute atomic E-state index is 9.19. The minimum absolute atomic E-state index is 0.269. The zero-order valence-electron chi connectivity index (χ0n) is 9.31. The Hall–Kier alpha value is -1.46. The van der Waals surface area contributed by atoms with Crippen molar-refractivity contribution in [2.45, 2.75) is 13.0 Å². The fourth-order valence-electron chi connectivity index (χ4n) is 1.27. The first kappa shape index (κ1) is 12.6. The molecule has 1 rings (SSSR count). The summed E-state index contributed by atoms with van der Waals surface area (Å²) in [6.07, 6.45) is -0.781. The van der Waals surface area contributed by atoms with Gasteiger partial charge in [0.15, 0.2) is 0 Å². The molecule has 5 N–H and O–H groups in total. The standard InChI is InChI=1S/C11H18N2O3/c1-2-16-11-4-8(12)3-9(5-11)13-6-10(15)7-14/h3-5,10,13-15H,2,6-7,12H2,1H3. The van der Waals surface area contributed by atoms with Crippen molar-refractivity contribution in [1.29, 1.82) is 0 Å². The van der Waals surface area contributed by atoms with E-state index in [1.807, 2.05) is 6.92 Å². The molecule has 0 aromatic heterocycles. The van der Waals surface area contributed by atoms with E-state index in [9.17, 15) is 5.11 Å². The number of nitrogens with one attached hydrogen (secondary N) is 1. The highest BCUT2D eigenvalue weighted by atomic mass is 16.5. The average molecular weight is 226 g/mol. The van der Waals surface area contributed by atoms with Crippen molar-refractivity contribution in [1.82, 2.24) is 0 Å². The van der Waals surface area contributed by atoms with E-state index in [4.69, 9.17) is 15.6 Å². The van der Waals surface area contributed by atoms with Crippen LogP contribution in [0, 0.1) is 0 Å². The fraction of sp³-hybridized carbons (Fsp3) is 0.455. The Morgan fingerprint density at radius 2 is 2.19 bits per heavy atom. The van der Waals surface area contributed by atoms with Crippen molar-refractivity contribution < 1.29 is 14.9 Å². The van der Waals surface area contributed by atoms with Crippen LogP contribution in [0.4, 0.5) is 11.4 Å². The molecule has 0 aliphatic rings. The number of rotatable bonds is 6. The second-order valence-electron chi connectivity index (χ2n) is 3.44. The number of hydrogen-bond donors (Lipinski definition) is 4. The van der Waals surface area contributed by atoms with Gasteiger partial charge in [-0.25, -0.2) is 0 Å². The van der Waals surface area contributed by atoms with E-state index in [2.05, 4.69) is 5.32 Å². The molecule has 1 unspecified atom stereocenters. The molecule has 0 radical (unpaired) electrons. The number of benzene rings is 1. The summed E-state index contributed by atoms with van der Waals surface area (Å²) < 4.78 is 5.33. The van der Waals surface area contributed by atoms with Crippen molar-refractivity contribution in [2.24, 2.45) is 0 Å². The van der Waals surface area contributed by atoms with E-state index in [0.29, 0.717) is 18.0 Å². The molecule has 1 aromatic rings. The molecular formula is C11H18N2O3. The number of aliphatic hydroxyl groups is 2. The molecule has 0 aliphatic heterocycles. The van der Waals surface area contributed by atoms with Gasteiger partial charge in [0, 0.05) is 30.1 Å². The number of nitrogen functional groups attached to an aromatic ring is 1. The predicted molar refractivity (Wildman–Crippen MR) is 63.6 cm³/mol. The number of nitrogens with two attached hydrogens (primary N) is 1. The Bertz CT molecular complexity index is 331. The SMILES string of the molecule is CCOc1cc(N)cc(NCC(O)CO)c1. The van der Waals surface area contributed by atoms with Gasteiger partial charge in [-0.05, 0) is 13.0 Å². The second kappa shape index (κ2) is 6.19. The van der Waals surface area contributed by atoms with E-state index >= 15 is 0 Å². The van der Waals surface area contributed by atoms with Crippen molar-refractivity contribution in [3.63, 3.8) is 0 Å². The molecule has 90 valence electrons. The van der Waals surface area contributed by atoms with E-state index < -0.39 is 6.10 Å². The van der Waals surface area contributed by atoms with E-state index in [1.54, 1.807) is 18.2 Å². The lowest BCUT2D eigenvalue weighted by molar-refractivity contribution is 0.105. The van der Waals surface area contributed by atoms with Crippen LogP contribution in [0.3, 0.4) is 0 Å². The molecule has 0 saturated heterocycles. The third kappa shape index (κ3) is 3.96. The highest BCUT2D eigenvalue weighted by molar-refractivity contribution is 5.59. The van der Waals surface area contributed by atoms with Crippen LogP contribution in [0.5, 0.6) is 5.75 Å². The van der Waals surface area contributed by atoms with Crippen molar-refractivity contribution in [2.75, 3.05) is 30.8 Å². The average Bonchev–Trinajstić information content (AvgIpc) is 2.25. The zero-order valence-corrected chi connectivity index (χ0v) is 9.31. The number of aliphatic hydroxyl groups excluding tert-OH is 2. The molecule has 0 fully saturated rings. The van der Waals surface area contributed by atoms with Crippen molar-refractivity contribution >= 4 is 11.4 Å². The normalized spacial score (nSPS) is 12.2. The van der Waals surface area contributed by atoms with Gasteiger partial charge in [-0.2, -0.15) is 0 Å². The highest BCUT2D eigenvalue weighted by Crippen LogP contribution is 2.22. The predicted octanol–water partition coefficient (Wildman–Crippen LogP) is 0.433. The third-order valence-corrected chi connectivity index (χ3v) is 1.99. The molecule has 0 aliphatic carbocycles. The molecule has 0 heterocycles. The van der Waals surface area contributed by atoms with Crippen LogP contribution in [0.1, 0.15) is 6.92 Å². The molecule has 0 bridgehead atoms. The molecule has 0 saturated carbocycles. The molecule has 0 amide bonds. The fourth-order valence-corrected chi connectivity index (χ4v) is 1.27. The highest BCUT2D eigenvalue weighted by Gasteiger charge is 2.03. The van der Waals surface area contributed by atoms with Crippen LogP contribution >= 0.6 is 0 Å². The summed E-state index contributed by atoms with van der Waals surface area (Å²) in [6, 6.07) is 5.27. The lowest BCUT2D eigenvalue weighted by atomic mass is 10.2. The summed E-state index contributed by atoms with van der Waals surface area (Å²) in [6.45, 7) is 2.47. The first-order chi connectivity index (χ1) is 7.65. The van der Waals surface area contributed by atoms with Gasteiger partial charge < -0.3 is 26.0 Å². The molecule has 5 heteroatoms. The summed E-state index contributed by atoms with van der Waals surface area (Å²) in [4.78, 5) is 0. The summed E-state index contributed by atoms with van der Waals surface area (Å²) >= 11 is 0. The van der Waals surface area contributed by atoms with Gasteiger partial charge in [0.25, 0.3) is 0 Å². The van der Waals surface area contributed by atoms with E-state index in [1.165, 1.54) is 0 Å². The van der Waals surface area contributed by atoms with Crippen LogP contribution in [-0.2, 0) is 0 Å². The second-order valence-corrected chi connectivity index (χ2v) is 3.44. The van der Waals surface area contributed by atoms with Crippen LogP contribution in [0.25, 0.3) is 0 Å². The van der Waals surface area contributed by atoms with Crippen LogP contribution in [0.15, 0.2) is 18.2 Å². The minimum atomic E-state index is -0.781. The summed E-state index contributed by atoms with van der Waals surface area (Å²) in [5, 5.41) is 20.8. The topological polar surface area (TPSA) is 87.7 Å². The first-order valence-corrected chi connectivity index (χ1v) is 5.22. The van der Waals surface area contributed by atoms with Gasteiger partial charge in [-0.3, -0.25) is 0 Å². The molecular weight excluding hydrogens is 208 g/mol. The van der Waals surface area contributed by atoms with Crippen LogP contribution < -0.4 is 15.8 Å². The van der Waals surface area contributed by atoms with Gasteiger partial charge in [0.2, 0.25) is 0 Å². The quantitative estimate of drug-likeness (QED) is 0.528. The van der Waals surface area contributed by atoms with Gasteiger partial charge in [-0.1, -0.05) is 0 Å². The monoisotopic (exact) mass is 226 g/mol. The summed E-state index contributed by atoms with van der Waals surface area (Å²) in [7, 11) is 0. The molecule has 1 aromatic carbocycles. The number of anilines is 2. The maximum Gasteiger partial charge on any atom is 0.123 e. The number of hydrogen-bond acceptors (Lipinski definition) is 5. The number of ether oxygens (including phenoxy) is 1. The molecule has 0 spiro atoms. The summed E-state index contributed by atoms with van der Waals surface area (Å²) in [5.74, 6) is 0.684. The van der Waals surface area contributed by atoms with E-state index in [0.717, 1.165) is 5.69 Å². The largest absolute Gasteiger partial charge is 0.494 e. The molecule has 1 atom stereocenters. The van der Waals surface area contributed by atoms with Crippen molar-refractivity contribution in [3.8, 4) is 5.75 Å². The van der Waals surface area contributed by atoms with E-state index in [-0.39, 0.29) is 13.2 Å². The zero-order chi connectivity index (χ0) is 12.0. The van der Waals surface area contributed by atoms with Gasteiger partial charge >= 0.3 is 0 Å². The Labute approximate surface area is 94.8 Å². The Morgan fingerprint density at radius 3 is 2.81 bits per heavy atom. The molecule has 5 nitrogen and oxygen atoms in total. The third-order valence-electron chi connectivity index (χ3n) is 1.99. The van der Waals surface area contributed by atoms with Gasteiger partial charge in [0.1, 0.15) is 5.75 Å². The van der Waals surface area contributed by atoms with Crippen LogP contribution in [0.2, 0.25) is 0 Å². The Morgan fingerprint density at radius 1 is 1.44 bits per heavy atom. The first-order valence-electron chi connectivity index (χ1n) is 5.22. The smallest absolute Gasteiger partial charge is 0.123 e. The van der Waals surface area contributed by atoms with Gasteiger partial charge in [-0.15, -0.1) is 0 Å². The Kier molecular flexibility index (Phi) is 4.88. The molecule has 16 heavy (non-hydrogen) atoms. The lowest BCUT2D eigenvalue weighted by Crippen LogP contribution is -2.22. The lowest BCUT2D eigenvalue weighted by Gasteiger charge is -2.12.